The van der Waals surface area contributed by atoms with Gasteiger partial charge in [-0.15, -0.1) is 5.10 Å². The van der Waals surface area contributed by atoms with Gasteiger partial charge in [0.15, 0.2) is 0 Å². The molecule has 0 radical (unpaired) electrons. The number of nitrogens with zero attached hydrogens (tertiary/aromatic N) is 3. The van der Waals surface area contributed by atoms with Gasteiger partial charge in [-0.2, -0.15) is 9.40 Å². The molecule has 128 valence electrons. The van der Waals surface area contributed by atoms with Crippen molar-refractivity contribution in [1.82, 2.24) is 14.5 Å². The van der Waals surface area contributed by atoms with Crippen molar-refractivity contribution in [2.45, 2.75) is 25.2 Å². The number of rotatable bonds is 5. The number of aromatic nitrogens is 2. The second-order valence-electron chi connectivity index (χ2n) is 5.79. The highest BCUT2D eigenvalue weighted by molar-refractivity contribution is 7.88. The Bertz CT molecular complexity index is 812. The van der Waals surface area contributed by atoms with Gasteiger partial charge in [-0.3, -0.25) is 0 Å². The van der Waals surface area contributed by atoms with Gasteiger partial charge < -0.3 is 4.74 Å². The molecule has 2 aromatic rings. The minimum absolute atomic E-state index is 0.220. The largest absolute Gasteiger partial charge is 0.472 e. The van der Waals surface area contributed by atoms with Gasteiger partial charge in [-0.25, -0.2) is 12.8 Å². The summed E-state index contributed by atoms with van der Waals surface area (Å²) < 4.78 is 45.2. The van der Waals surface area contributed by atoms with Crippen molar-refractivity contribution >= 4 is 10.0 Å². The fourth-order valence-corrected chi connectivity index (χ4v) is 4.16. The lowest BCUT2D eigenvalue weighted by Gasteiger charge is -2.17. The van der Waals surface area contributed by atoms with Gasteiger partial charge in [0.05, 0.1) is 18.0 Å². The maximum absolute atomic E-state index is 13.2. The van der Waals surface area contributed by atoms with Crippen LogP contribution in [0.15, 0.2) is 36.4 Å². The molecule has 0 bridgehead atoms. The third-order valence-corrected chi connectivity index (χ3v) is 5.62. The number of aryl methyl sites for hydroxylation is 1. The van der Waals surface area contributed by atoms with E-state index in [0.29, 0.717) is 24.4 Å². The first-order valence-corrected chi connectivity index (χ1v) is 9.22. The maximum Gasteiger partial charge on any atom is 0.233 e. The van der Waals surface area contributed by atoms with Crippen LogP contribution in [0.2, 0.25) is 0 Å². The highest BCUT2D eigenvalue weighted by atomic mass is 32.2. The molecule has 0 aliphatic carbocycles. The van der Waals surface area contributed by atoms with E-state index >= 15 is 0 Å². The lowest BCUT2D eigenvalue weighted by atomic mass is 10.2. The minimum atomic E-state index is -3.51. The van der Waals surface area contributed by atoms with Crippen LogP contribution in [0.5, 0.6) is 5.88 Å². The van der Waals surface area contributed by atoms with Gasteiger partial charge in [-0.05, 0) is 37.1 Å². The molecule has 1 fully saturated rings. The first kappa shape index (κ1) is 16.8. The van der Waals surface area contributed by atoms with E-state index < -0.39 is 15.8 Å². The van der Waals surface area contributed by atoms with E-state index in [1.54, 1.807) is 18.2 Å². The van der Waals surface area contributed by atoms with E-state index in [-0.39, 0.29) is 18.4 Å². The second-order valence-corrected chi connectivity index (χ2v) is 7.75. The van der Waals surface area contributed by atoms with Gasteiger partial charge in [0.25, 0.3) is 0 Å². The Morgan fingerprint density at radius 3 is 2.83 bits per heavy atom. The number of hydrogen-bond acceptors (Lipinski definition) is 5. The molecule has 1 aliphatic rings. The summed E-state index contributed by atoms with van der Waals surface area (Å²) in [6.07, 6.45) is 0.321. The molecule has 1 unspecified atom stereocenters. The summed E-state index contributed by atoms with van der Waals surface area (Å²) in [5, 5.41) is 7.84. The summed E-state index contributed by atoms with van der Waals surface area (Å²) in [6, 6.07) is 9.14. The molecule has 0 N–H and O–H groups in total. The average Bonchev–Trinajstić information content (AvgIpc) is 2.99. The standard InChI is InChI=1S/C16H18FN3O3S/c1-12-5-6-16(19-18-12)23-15-7-8-20(10-15)24(21,22)11-13-3-2-4-14(17)9-13/h2-6,9,15H,7-8,10-11H2,1H3. The number of benzene rings is 1. The van der Waals surface area contributed by atoms with E-state index in [2.05, 4.69) is 10.2 Å². The van der Waals surface area contributed by atoms with Crippen LogP contribution in [0.3, 0.4) is 0 Å². The summed E-state index contributed by atoms with van der Waals surface area (Å²) in [6.45, 7) is 2.46. The Balaban J connectivity index is 1.62. The highest BCUT2D eigenvalue weighted by Crippen LogP contribution is 2.21. The van der Waals surface area contributed by atoms with E-state index in [0.717, 1.165) is 5.69 Å². The van der Waals surface area contributed by atoms with Crippen molar-refractivity contribution < 1.29 is 17.5 Å². The zero-order chi connectivity index (χ0) is 17.2. The molecular weight excluding hydrogens is 333 g/mol. The molecule has 0 amide bonds. The Kier molecular flexibility index (Phi) is 4.77. The van der Waals surface area contributed by atoms with Crippen LogP contribution < -0.4 is 4.74 Å². The molecule has 3 rings (SSSR count). The molecule has 6 nitrogen and oxygen atoms in total. The maximum atomic E-state index is 13.2. The van der Waals surface area contributed by atoms with E-state index in [9.17, 15) is 12.8 Å². The third kappa shape index (κ3) is 4.07. The highest BCUT2D eigenvalue weighted by Gasteiger charge is 2.32. The summed E-state index contributed by atoms with van der Waals surface area (Å²) in [5.74, 6) is -0.278. The summed E-state index contributed by atoms with van der Waals surface area (Å²) in [5.41, 5.74) is 1.22. The van der Waals surface area contributed by atoms with E-state index in [4.69, 9.17) is 4.74 Å². The van der Waals surface area contributed by atoms with Gasteiger partial charge in [-0.1, -0.05) is 12.1 Å². The average molecular weight is 351 g/mol. The first-order valence-electron chi connectivity index (χ1n) is 7.62. The van der Waals surface area contributed by atoms with Crippen LogP contribution in [-0.2, 0) is 15.8 Å². The van der Waals surface area contributed by atoms with Crippen LogP contribution in [0.1, 0.15) is 17.7 Å². The Morgan fingerprint density at radius 2 is 2.12 bits per heavy atom. The van der Waals surface area contributed by atoms with Crippen molar-refractivity contribution in [3.05, 3.63) is 53.5 Å². The topological polar surface area (TPSA) is 72.4 Å². The first-order chi connectivity index (χ1) is 11.4. The fourth-order valence-electron chi connectivity index (χ4n) is 2.60. The zero-order valence-corrected chi connectivity index (χ0v) is 14.0. The molecule has 0 spiro atoms. The van der Waals surface area contributed by atoms with Crippen molar-refractivity contribution in [1.29, 1.82) is 0 Å². The number of hydrogen-bond donors (Lipinski definition) is 0. The summed E-state index contributed by atoms with van der Waals surface area (Å²) in [4.78, 5) is 0. The lowest BCUT2D eigenvalue weighted by molar-refractivity contribution is 0.204. The second kappa shape index (κ2) is 6.82. The zero-order valence-electron chi connectivity index (χ0n) is 13.2. The molecule has 1 saturated heterocycles. The fraction of sp³-hybridized carbons (Fsp3) is 0.375. The van der Waals surface area contributed by atoms with Crippen LogP contribution in [0, 0.1) is 12.7 Å². The lowest BCUT2D eigenvalue weighted by Crippen LogP contribution is -2.32. The van der Waals surface area contributed by atoms with Crippen molar-refractivity contribution in [3.63, 3.8) is 0 Å². The molecule has 1 aliphatic heterocycles. The molecule has 1 aromatic heterocycles. The number of ether oxygens (including phenoxy) is 1. The van der Waals surface area contributed by atoms with Gasteiger partial charge >= 0.3 is 0 Å². The van der Waals surface area contributed by atoms with Crippen LogP contribution in [-0.4, -0.2) is 42.1 Å². The Morgan fingerprint density at radius 1 is 1.29 bits per heavy atom. The normalized spacial score (nSPS) is 18.7. The monoisotopic (exact) mass is 351 g/mol. The van der Waals surface area contributed by atoms with Gasteiger partial charge in [0, 0.05) is 12.6 Å². The molecule has 2 heterocycles. The molecule has 24 heavy (non-hydrogen) atoms. The van der Waals surface area contributed by atoms with Crippen molar-refractivity contribution in [2.75, 3.05) is 13.1 Å². The van der Waals surface area contributed by atoms with Crippen LogP contribution >= 0.6 is 0 Å². The molecule has 1 atom stereocenters. The molecule has 0 saturated carbocycles. The summed E-state index contributed by atoms with van der Waals surface area (Å²) in [7, 11) is -3.51. The Labute approximate surface area is 140 Å². The molecule has 8 heteroatoms. The molecular formula is C16H18FN3O3S. The predicted octanol–water partition coefficient (Wildman–Crippen LogP) is 1.91. The number of sulfonamides is 1. The third-order valence-electron chi connectivity index (χ3n) is 3.80. The molecule has 1 aromatic carbocycles. The quantitative estimate of drug-likeness (QED) is 0.823. The van der Waals surface area contributed by atoms with Crippen LogP contribution in [0.4, 0.5) is 4.39 Å². The van der Waals surface area contributed by atoms with E-state index in [1.165, 1.54) is 22.5 Å². The van der Waals surface area contributed by atoms with Crippen LogP contribution in [0.25, 0.3) is 0 Å². The van der Waals surface area contributed by atoms with Crippen molar-refractivity contribution in [2.24, 2.45) is 0 Å². The van der Waals surface area contributed by atoms with Gasteiger partial charge in [0.2, 0.25) is 15.9 Å². The van der Waals surface area contributed by atoms with Crippen molar-refractivity contribution in [3.8, 4) is 5.88 Å². The van der Waals surface area contributed by atoms with E-state index in [1.807, 2.05) is 6.92 Å². The minimum Gasteiger partial charge on any atom is -0.472 e. The number of halogens is 1. The smallest absolute Gasteiger partial charge is 0.233 e. The van der Waals surface area contributed by atoms with Gasteiger partial charge in [0.1, 0.15) is 11.9 Å². The summed E-state index contributed by atoms with van der Waals surface area (Å²) >= 11 is 0. The predicted molar refractivity (Wildman–Crippen MR) is 86.4 cm³/mol. The Hall–Kier alpha value is -2.06. The SMILES string of the molecule is Cc1ccc(OC2CCN(S(=O)(=O)Cc3cccc(F)c3)C2)nn1.